The minimum Gasteiger partial charge on any atom is -0.480 e. The predicted molar refractivity (Wildman–Crippen MR) is 55.5 cm³/mol. The molecule has 2 rings (SSSR count). The molecule has 1 aromatic rings. The van der Waals surface area contributed by atoms with E-state index in [9.17, 15) is 0 Å². The number of aromatic nitrogens is 1. The molecule has 0 radical (unpaired) electrons. The van der Waals surface area contributed by atoms with Crippen LogP contribution in [0.1, 0.15) is 17.7 Å². The average Bonchev–Trinajstić information content (AvgIpc) is 2.71. The van der Waals surface area contributed by atoms with Crippen molar-refractivity contribution < 1.29 is 4.74 Å². The molecule has 4 heteroatoms. The van der Waals surface area contributed by atoms with E-state index in [1.165, 1.54) is 22.0 Å². The topological polar surface area (TPSA) is 22.1 Å². The van der Waals surface area contributed by atoms with Crippen LogP contribution in [0.5, 0.6) is 5.88 Å². The molecular weight excluding hydrogens is 206 g/mol. The third-order valence-corrected chi connectivity index (χ3v) is 3.28. The highest BCUT2D eigenvalue weighted by Gasteiger charge is 2.16. The van der Waals surface area contributed by atoms with E-state index in [1.807, 2.05) is 6.07 Å². The molecular formula is C9H10ClNOS. The van der Waals surface area contributed by atoms with Crippen LogP contribution < -0.4 is 4.74 Å². The van der Waals surface area contributed by atoms with Gasteiger partial charge in [-0.2, -0.15) is 4.37 Å². The summed E-state index contributed by atoms with van der Waals surface area (Å²) in [6.07, 6.45) is 4.20. The number of rotatable bonds is 2. The normalized spacial score (nSPS) is 21.7. The van der Waals surface area contributed by atoms with Crippen molar-refractivity contribution in [2.75, 3.05) is 7.11 Å². The summed E-state index contributed by atoms with van der Waals surface area (Å²) < 4.78 is 9.16. The van der Waals surface area contributed by atoms with Crippen molar-refractivity contribution in [2.24, 2.45) is 0 Å². The van der Waals surface area contributed by atoms with Crippen molar-refractivity contribution in [3.8, 4) is 5.88 Å². The number of halogens is 1. The number of hydrogen-bond donors (Lipinski definition) is 0. The zero-order valence-electron chi connectivity index (χ0n) is 7.29. The van der Waals surface area contributed by atoms with Crippen LogP contribution in [-0.4, -0.2) is 16.9 Å². The van der Waals surface area contributed by atoms with Gasteiger partial charge in [-0.25, -0.2) is 0 Å². The van der Waals surface area contributed by atoms with Gasteiger partial charge < -0.3 is 4.74 Å². The first-order valence-corrected chi connectivity index (χ1v) is 5.36. The van der Waals surface area contributed by atoms with Gasteiger partial charge in [0.15, 0.2) is 0 Å². The van der Waals surface area contributed by atoms with Crippen molar-refractivity contribution in [3.63, 3.8) is 0 Å². The predicted octanol–water partition coefficient (Wildman–Crippen LogP) is 2.94. The standard InChI is InChI=1S/C9H10ClNOS/c1-12-9-5-8(13-11-9)6-2-3-7(10)4-6/h4-5,7H,2-3H2,1H3. The zero-order chi connectivity index (χ0) is 9.26. The lowest BCUT2D eigenvalue weighted by molar-refractivity contribution is 0.402. The average molecular weight is 216 g/mol. The molecule has 0 saturated heterocycles. The summed E-state index contributed by atoms with van der Waals surface area (Å²) in [6, 6.07) is 1.96. The van der Waals surface area contributed by atoms with E-state index >= 15 is 0 Å². The summed E-state index contributed by atoms with van der Waals surface area (Å²) >= 11 is 7.45. The Morgan fingerprint density at radius 3 is 3.08 bits per heavy atom. The highest BCUT2D eigenvalue weighted by molar-refractivity contribution is 7.07. The molecule has 1 heterocycles. The maximum absolute atomic E-state index is 5.97. The minimum atomic E-state index is 0.197. The van der Waals surface area contributed by atoms with Gasteiger partial charge in [-0.15, -0.1) is 11.6 Å². The molecule has 0 aromatic carbocycles. The number of ether oxygens (including phenoxy) is 1. The van der Waals surface area contributed by atoms with Gasteiger partial charge >= 0.3 is 0 Å². The number of allylic oxidation sites excluding steroid dienone is 2. The molecule has 0 aliphatic heterocycles. The fraction of sp³-hybridized carbons (Fsp3) is 0.444. The van der Waals surface area contributed by atoms with E-state index < -0.39 is 0 Å². The second-order valence-electron chi connectivity index (χ2n) is 2.98. The maximum atomic E-state index is 5.97. The molecule has 0 saturated carbocycles. The third-order valence-electron chi connectivity index (χ3n) is 2.09. The SMILES string of the molecule is COc1cc(C2=CC(Cl)CC2)sn1. The van der Waals surface area contributed by atoms with Gasteiger partial charge in [-0.05, 0) is 29.9 Å². The Kier molecular flexibility index (Phi) is 2.56. The Balaban J connectivity index is 2.21. The first-order chi connectivity index (χ1) is 6.29. The van der Waals surface area contributed by atoms with Gasteiger partial charge in [0, 0.05) is 6.07 Å². The maximum Gasteiger partial charge on any atom is 0.225 e. The second-order valence-corrected chi connectivity index (χ2v) is 4.35. The summed E-state index contributed by atoms with van der Waals surface area (Å²) in [5.41, 5.74) is 1.31. The minimum absolute atomic E-state index is 0.197. The number of methoxy groups -OCH3 is 1. The van der Waals surface area contributed by atoms with Crippen molar-refractivity contribution in [3.05, 3.63) is 17.0 Å². The fourth-order valence-electron chi connectivity index (χ4n) is 1.39. The van der Waals surface area contributed by atoms with Crippen molar-refractivity contribution >= 4 is 28.7 Å². The number of alkyl halides is 1. The molecule has 0 N–H and O–H groups in total. The van der Waals surface area contributed by atoms with E-state index in [4.69, 9.17) is 16.3 Å². The van der Waals surface area contributed by atoms with Gasteiger partial charge in [0.1, 0.15) is 0 Å². The first-order valence-electron chi connectivity index (χ1n) is 4.15. The molecule has 1 unspecified atom stereocenters. The molecule has 0 bridgehead atoms. The Bertz CT molecular complexity index is 334. The highest BCUT2D eigenvalue weighted by Crippen LogP contribution is 2.34. The van der Waals surface area contributed by atoms with E-state index in [0.29, 0.717) is 5.88 Å². The molecule has 1 aliphatic rings. The molecule has 1 aliphatic carbocycles. The Morgan fingerprint density at radius 2 is 2.54 bits per heavy atom. The summed E-state index contributed by atoms with van der Waals surface area (Å²) in [5.74, 6) is 0.693. The van der Waals surface area contributed by atoms with E-state index in [1.54, 1.807) is 7.11 Å². The van der Waals surface area contributed by atoms with E-state index in [2.05, 4.69) is 10.4 Å². The van der Waals surface area contributed by atoms with E-state index in [-0.39, 0.29) is 5.38 Å². The lowest BCUT2D eigenvalue weighted by atomic mass is 10.2. The molecule has 0 amide bonds. The Morgan fingerprint density at radius 1 is 1.69 bits per heavy atom. The second kappa shape index (κ2) is 3.68. The summed E-state index contributed by atoms with van der Waals surface area (Å²) in [7, 11) is 1.63. The van der Waals surface area contributed by atoms with Crippen LogP contribution in [0.25, 0.3) is 5.57 Å². The number of hydrogen-bond acceptors (Lipinski definition) is 3. The molecule has 13 heavy (non-hydrogen) atoms. The first kappa shape index (κ1) is 9.03. The number of nitrogens with zero attached hydrogens (tertiary/aromatic N) is 1. The van der Waals surface area contributed by atoms with Crippen LogP contribution in [-0.2, 0) is 0 Å². The van der Waals surface area contributed by atoms with Gasteiger partial charge in [-0.3, -0.25) is 0 Å². The fourth-order valence-corrected chi connectivity index (χ4v) is 2.41. The lowest BCUT2D eigenvalue weighted by Gasteiger charge is -1.92. The van der Waals surface area contributed by atoms with Crippen LogP contribution in [0, 0.1) is 0 Å². The lowest BCUT2D eigenvalue weighted by Crippen LogP contribution is -1.81. The smallest absolute Gasteiger partial charge is 0.225 e. The van der Waals surface area contributed by atoms with Crippen LogP contribution in [0.2, 0.25) is 0 Å². The van der Waals surface area contributed by atoms with Crippen LogP contribution in [0.15, 0.2) is 12.1 Å². The highest BCUT2D eigenvalue weighted by atomic mass is 35.5. The molecule has 2 nitrogen and oxygen atoms in total. The Labute approximate surface area is 86.3 Å². The van der Waals surface area contributed by atoms with Gasteiger partial charge in [0.05, 0.1) is 17.4 Å². The summed E-state index contributed by atoms with van der Waals surface area (Å²) in [6.45, 7) is 0. The molecule has 1 atom stereocenters. The van der Waals surface area contributed by atoms with Gasteiger partial charge in [-0.1, -0.05) is 6.08 Å². The monoisotopic (exact) mass is 215 g/mol. The van der Waals surface area contributed by atoms with Gasteiger partial charge in [0.25, 0.3) is 0 Å². The Hall–Kier alpha value is -0.540. The zero-order valence-corrected chi connectivity index (χ0v) is 8.86. The summed E-state index contributed by atoms with van der Waals surface area (Å²) in [4.78, 5) is 1.18. The van der Waals surface area contributed by atoms with Crippen molar-refractivity contribution in [1.82, 2.24) is 4.37 Å². The van der Waals surface area contributed by atoms with Gasteiger partial charge in [0.2, 0.25) is 5.88 Å². The molecule has 0 fully saturated rings. The van der Waals surface area contributed by atoms with Crippen LogP contribution in [0.3, 0.4) is 0 Å². The molecule has 70 valence electrons. The van der Waals surface area contributed by atoms with Crippen molar-refractivity contribution in [1.29, 1.82) is 0 Å². The van der Waals surface area contributed by atoms with E-state index in [0.717, 1.165) is 12.8 Å². The van der Waals surface area contributed by atoms with Crippen LogP contribution in [0.4, 0.5) is 0 Å². The quantitative estimate of drug-likeness (QED) is 0.708. The van der Waals surface area contributed by atoms with Crippen LogP contribution >= 0.6 is 23.1 Å². The largest absolute Gasteiger partial charge is 0.480 e. The molecule has 0 spiro atoms. The summed E-state index contributed by atoms with van der Waals surface area (Å²) in [5, 5.41) is 0.197. The molecule has 1 aromatic heterocycles. The third kappa shape index (κ3) is 1.86. The van der Waals surface area contributed by atoms with Crippen molar-refractivity contribution in [2.45, 2.75) is 18.2 Å².